The van der Waals surface area contributed by atoms with E-state index in [1.807, 2.05) is 48.5 Å². The van der Waals surface area contributed by atoms with E-state index in [1.165, 1.54) is 7.11 Å². The van der Waals surface area contributed by atoms with E-state index in [0.29, 0.717) is 13.0 Å². The maximum atomic E-state index is 11.3. The van der Waals surface area contributed by atoms with Crippen LogP contribution < -0.4 is 5.32 Å². The number of hydrogen-bond donors (Lipinski definition) is 1. The van der Waals surface area contributed by atoms with Crippen LogP contribution in [0.25, 0.3) is 21.8 Å². The average Bonchev–Trinajstić information content (AvgIpc) is 2.54. The van der Waals surface area contributed by atoms with Gasteiger partial charge in [0.25, 0.3) is 0 Å². The summed E-state index contributed by atoms with van der Waals surface area (Å²) in [6, 6.07) is 16.0. The van der Waals surface area contributed by atoms with E-state index in [9.17, 15) is 4.79 Å². The van der Waals surface area contributed by atoms with Crippen molar-refractivity contribution in [3.63, 3.8) is 0 Å². The monoisotopic (exact) mass is 352 g/mol. The third-order valence-electron chi connectivity index (χ3n) is 3.45. The quantitative estimate of drug-likeness (QED) is 0.564. The summed E-state index contributed by atoms with van der Waals surface area (Å²) in [5, 5.41) is 5.47. The number of aromatic nitrogens is 1. The van der Waals surface area contributed by atoms with Crippen molar-refractivity contribution in [1.29, 1.82) is 0 Å². The first kappa shape index (κ1) is 19.0. The minimum absolute atomic E-state index is 0. The average molecular weight is 353 g/mol. The molecule has 1 N–H and O–H groups in total. The highest BCUT2D eigenvalue weighted by Crippen LogP contribution is 2.30. The van der Waals surface area contributed by atoms with Crippen molar-refractivity contribution in [2.24, 2.45) is 0 Å². The third-order valence-corrected chi connectivity index (χ3v) is 3.45. The van der Waals surface area contributed by atoms with E-state index in [2.05, 4.69) is 15.0 Å². The second-order valence-electron chi connectivity index (χ2n) is 4.77. The number of nitrogens with one attached hydrogen (secondary N) is 1. The van der Waals surface area contributed by atoms with Crippen LogP contribution >= 0.6 is 24.8 Å². The number of pyridine rings is 1. The van der Waals surface area contributed by atoms with Crippen molar-refractivity contribution in [3.8, 4) is 0 Å². The van der Waals surface area contributed by atoms with Gasteiger partial charge < -0.3 is 10.1 Å². The molecule has 0 saturated carbocycles. The molecule has 0 amide bonds. The number of anilines is 1. The van der Waals surface area contributed by atoms with E-state index in [4.69, 9.17) is 0 Å². The molecular formula is C17H18Cl2N2O2. The van der Waals surface area contributed by atoms with Crippen molar-refractivity contribution in [2.45, 2.75) is 6.42 Å². The lowest BCUT2D eigenvalue weighted by Gasteiger charge is -2.12. The van der Waals surface area contributed by atoms with Crippen LogP contribution in [0.4, 0.5) is 5.69 Å². The number of rotatable bonds is 4. The third kappa shape index (κ3) is 4.03. The molecule has 0 bridgehead atoms. The van der Waals surface area contributed by atoms with Gasteiger partial charge in [0.15, 0.2) is 0 Å². The molecule has 2 aromatic carbocycles. The van der Waals surface area contributed by atoms with Gasteiger partial charge in [-0.2, -0.15) is 0 Å². The largest absolute Gasteiger partial charge is 0.469 e. The molecule has 0 saturated heterocycles. The zero-order valence-corrected chi connectivity index (χ0v) is 14.2. The fraction of sp³-hybridized carbons (Fsp3) is 0.176. The molecule has 23 heavy (non-hydrogen) atoms. The summed E-state index contributed by atoms with van der Waals surface area (Å²) >= 11 is 0. The fourth-order valence-corrected chi connectivity index (χ4v) is 2.42. The zero-order valence-electron chi connectivity index (χ0n) is 12.6. The van der Waals surface area contributed by atoms with E-state index < -0.39 is 0 Å². The molecule has 0 aliphatic heterocycles. The van der Waals surface area contributed by atoms with Crippen LogP contribution in [0, 0.1) is 0 Å². The molecule has 0 unspecified atom stereocenters. The molecule has 0 aliphatic carbocycles. The van der Waals surface area contributed by atoms with Crippen LogP contribution in [0.1, 0.15) is 6.42 Å². The van der Waals surface area contributed by atoms with Gasteiger partial charge in [-0.25, -0.2) is 4.98 Å². The number of para-hydroxylation sites is 2. The lowest BCUT2D eigenvalue weighted by molar-refractivity contribution is -0.140. The maximum Gasteiger partial charge on any atom is 0.307 e. The summed E-state index contributed by atoms with van der Waals surface area (Å²) in [4.78, 5) is 15.9. The second kappa shape index (κ2) is 8.56. The van der Waals surface area contributed by atoms with Gasteiger partial charge >= 0.3 is 5.97 Å². The van der Waals surface area contributed by atoms with Crippen molar-refractivity contribution in [1.82, 2.24) is 4.98 Å². The van der Waals surface area contributed by atoms with Crippen LogP contribution in [0.5, 0.6) is 0 Å². The Labute approximate surface area is 147 Å². The van der Waals surface area contributed by atoms with Crippen LogP contribution in [0.3, 0.4) is 0 Å². The van der Waals surface area contributed by atoms with Gasteiger partial charge in [-0.3, -0.25) is 4.79 Å². The summed E-state index contributed by atoms with van der Waals surface area (Å²) in [5.74, 6) is -0.217. The van der Waals surface area contributed by atoms with E-state index in [0.717, 1.165) is 27.5 Å². The number of ether oxygens (including phenoxy) is 1. The summed E-state index contributed by atoms with van der Waals surface area (Å²) < 4.78 is 4.67. The topological polar surface area (TPSA) is 51.2 Å². The number of halogens is 2. The van der Waals surface area contributed by atoms with Crippen LogP contribution in [-0.2, 0) is 9.53 Å². The van der Waals surface area contributed by atoms with Crippen LogP contribution in [0.2, 0.25) is 0 Å². The van der Waals surface area contributed by atoms with Crippen LogP contribution in [0.15, 0.2) is 48.5 Å². The lowest BCUT2D eigenvalue weighted by Crippen LogP contribution is -2.10. The summed E-state index contributed by atoms with van der Waals surface area (Å²) in [6.07, 6.45) is 0.335. The van der Waals surface area contributed by atoms with Gasteiger partial charge in [-0.15, -0.1) is 24.8 Å². The predicted octanol–water partition coefficient (Wildman–Crippen LogP) is 4.21. The Kier molecular flexibility index (Phi) is 7.07. The minimum atomic E-state index is -0.217. The Hall–Kier alpha value is -2.04. The van der Waals surface area contributed by atoms with Crippen molar-refractivity contribution < 1.29 is 9.53 Å². The molecular weight excluding hydrogens is 335 g/mol. The van der Waals surface area contributed by atoms with Crippen molar-refractivity contribution in [2.75, 3.05) is 19.0 Å². The first-order chi connectivity index (χ1) is 10.3. The van der Waals surface area contributed by atoms with E-state index in [1.54, 1.807) is 0 Å². The molecule has 0 spiro atoms. The molecule has 6 heteroatoms. The molecule has 1 heterocycles. The molecule has 0 fully saturated rings. The summed E-state index contributed by atoms with van der Waals surface area (Å²) in [5.41, 5.74) is 2.90. The highest BCUT2D eigenvalue weighted by Gasteiger charge is 2.08. The zero-order chi connectivity index (χ0) is 14.7. The van der Waals surface area contributed by atoms with Gasteiger partial charge in [0.1, 0.15) is 0 Å². The summed E-state index contributed by atoms with van der Waals surface area (Å²) in [7, 11) is 1.40. The van der Waals surface area contributed by atoms with Gasteiger partial charge in [-0.1, -0.05) is 36.4 Å². The smallest absolute Gasteiger partial charge is 0.307 e. The van der Waals surface area contributed by atoms with Gasteiger partial charge in [0.05, 0.1) is 30.3 Å². The van der Waals surface area contributed by atoms with Gasteiger partial charge in [-0.05, 0) is 12.1 Å². The Morgan fingerprint density at radius 1 is 1.00 bits per heavy atom. The van der Waals surface area contributed by atoms with Gasteiger partial charge in [0, 0.05) is 17.3 Å². The molecule has 0 aliphatic rings. The molecule has 3 rings (SSSR count). The molecule has 0 radical (unpaired) electrons. The highest BCUT2D eigenvalue weighted by molar-refractivity contribution is 6.07. The maximum absolute atomic E-state index is 11.3. The Bertz CT molecular complexity index is 755. The number of esters is 1. The number of carbonyl (C=O) groups is 1. The number of carbonyl (C=O) groups excluding carboxylic acids is 1. The lowest BCUT2D eigenvalue weighted by atomic mass is 10.1. The fourth-order valence-electron chi connectivity index (χ4n) is 2.42. The standard InChI is InChI=1S/C17H16N2O2.2ClH/c1-21-16(20)10-11-18-17-12-6-2-4-8-14(12)19-15-9-5-3-7-13(15)17;;/h2-9H,10-11H2,1H3,(H,18,19);2*1H. The molecule has 122 valence electrons. The molecule has 0 atom stereocenters. The number of nitrogens with zero attached hydrogens (tertiary/aromatic N) is 1. The highest BCUT2D eigenvalue weighted by atomic mass is 35.5. The minimum Gasteiger partial charge on any atom is -0.469 e. The molecule has 3 aromatic rings. The molecule has 4 nitrogen and oxygen atoms in total. The number of methoxy groups -OCH3 is 1. The second-order valence-corrected chi connectivity index (χ2v) is 4.77. The van der Waals surface area contributed by atoms with Crippen LogP contribution in [-0.4, -0.2) is 24.6 Å². The number of hydrogen-bond acceptors (Lipinski definition) is 4. The van der Waals surface area contributed by atoms with E-state index in [-0.39, 0.29) is 30.8 Å². The Balaban J connectivity index is 0.00000132. The number of benzene rings is 2. The van der Waals surface area contributed by atoms with Crippen molar-refractivity contribution in [3.05, 3.63) is 48.5 Å². The predicted molar refractivity (Wildman–Crippen MR) is 98.9 cm³/mol. The number of fused-ring (bicyclic) bond motifs is 2. The van der Waals surface area contributed by atoms with Gasteiger partial charge in [0.2, 0.25) is 0 Å². The van der Waals surface area contributed by atoms with Crippen molar-refractivity contribution >= 4 is 58.3 Å². The van der Waals surface area contributed by atoms with E-state index >= 15 is 0 Å². The SMILES string of the molecule is COC(=O)CCNc1c2ccccc2nc2ccccc12.Cl.Cl. The Morgan fingerprint density at radius 3 is 2.04 bits per heavy atom. The normalized spacial score (nSPS) is 9.78. The first-order valence-electron chi connectivity index (χ1n) is 6.88. The Morgan fingerprint density at radius 2 is 1.52 bits per heavy atom. The first-order valence-corrected chi connectivity index (χ1v) is 6.88. The molecule has 1 aromatic heterocycles. The summed E-state index contributed by atoms with van der Waals surface area (Å²) in [6.45, 7) is 0.532.